The molecule has 0 saturated carbocycles. The van der Waals surface area contributed by atoms with Gasteiger partial charge in [0.15, 0.2) is 0 Å². The smallest absolute Gasteiger partial charge is 0.341 e. The van der Waals surface area contributed by atoms with Gasteiger partial charge < -0.3 is 35.7 Å². The van der Waals surface area contributed by atoms with Crippen LogP contribution < -0.4 is 0 Å². The van der Waals surface area contributed by atoms with Gasteiger partial charge in [0.2, 0.25) is 11.4 Å². The van der Waals surface area contributed by atoms with Gasteiger partial charge in [-0.3, -0.25) is 0 Å². The van der Waals surface area contributed by atoms with Crippen molar-refractivity contribution in [3.63, 3.8) is 0 Å². The van der Waals surface area contributed by atoms with E-state index in [1.807, 2.05) is 0 Å². The molecule has 0 radical (unpaired) electrons. The molecular formula is C7H14O8. The van der Waals surface area contributed by atoms with Gasteiger partial charge in [0.25, 0.3) is 0 Å². The number of hydrogen-bond acceptors (Lipinski definition) is 7. The molecule has 90 valence electrons. The fourth-order valence-corrected chi connectivity index (χ4v) is 0.813. The van der Waals surface area contributed by atoms with E-state index in [0.29, 0.717) is 6.92 Å². The lowest BCUT2D eigenvalue weighted by Crippen LogP contribution is -2.66. The van der Waals surface area contributed by atoms with Crippen molar-refractivity contribution in [3.8, 4) is 0 Å². The Morgan fingerprint density at radius 2 is 1.67 bits per heavy atom. The van der Waals surface area contributed by atoms with Gasteiger partial charge in [-0.1, -0.05) is 0 Å². The molecule has 0 aliphatic heterocycles. The van der Waals surface area contributed by atoms with Gasteiger partial charge in [0, 0.05) is 0 Å². The van der Waals surface area contributed by atoms with Crippen LogP contribution in [0.2, 0.25) is 0 Å². The molecule has 15 heavy (non-hydrogen) atoms. The summed E-state index contributed by atoms with van der Waals surface area (Å²) in [5.74, 6) is -5.50. The Hall–Kier alpha value is -0.770. The van der Waals surface area contributed by atoms with Crippen LogP contribution in [0, 0.1) is 0 Å². The largest absolute Gasteiger partial charge is 0.479 e. The van der Waals surface area contributed by atoms with Crippen LogP contribution >= 0.6 is 0 Å². The van der Waals surface area contributed by atoms with Gasteiger partial charge in [0.1, 0.15) is 12.2 Å². The predicted octanol–water partition coefficient (Wildman–Crippen LogP) is -3.78. The molecule has 0 amide bonds. The molecule has 0 spiro atoms. The van der Waals surface area contributed by atoms with Gasteiger partial charge in [0.05, 0.1) is 6.61 Å². The predicted molar refractivity (Wildman–Crippen MR) is 44.5 cm³/mol. The molecule has 0 aliphatic rings. The number of carboxylic acid groups (broad SMARTS) is 1. The van der Waals surface area contributed by atoms with E-state index in [2.05, 4.69) is 0 Å². The second-order valence-corrected chi connectivity index (χ2v) is 3.30. The summed E-state index contributed by atoms with van der Waals surface area (Å²) in [5, 5.41) is 62.4. The SMILES string of the molecule is CC(O)(C(=O)O)C(O)(O)C(O)C(O)CO. The van der Waals surface area contributed by atoms with Crippen molar-refractivity contribution in [2.45, 2.75) is 30.5 Å². The van der Waals surface area contributed by atoms with E-state index in [-0.39, 0.29) is 0 Å². The molecule has 0 saturated heterocycles. The minimum absolute atomic E-state index is 0.530. The van der Waals surface area contributed by atoms with Crippen molar-refractivity contribution in [3.05, 3.63) is 0 Å². The molecule has 0 aliphatic carbocycles. The highest BCUT2D eigenvalue weighted by Gasteiger charge is 2.57. The Labute approximate surface area is 84.7 Å². The zero-order valence-corrected chi connectivity index (χ0v) is 7.90. The van der Waals surface area contributed by atoms with Gasteiger partial charge in [-0.2, -0.15) is 0 Å². The van der Waals surface area contributed by atoms with Crippen LogP contribution in [0.4, 0.5) is 0 Å². The standard InChI is InChI=1S/C7H14O8/c1-6(13,5(11)12)7(14,15)4(10)3(9)2-8/h3-4,8-10,13-15H,2H2,1H3,(H,11,12). The maximum Gasteiger partial charge on any atom is 0.341 e. The van der Waals surface area contributed by atoms with E-state index < -0.39 is 36.2 Å². The Bertz CT molecular complexity index is 235. The van der Waals surface area contributed by atoms with E-state index in [0.717, 1.165) is 0 Å². The van der Waals surface area contributed by atoms with Gasteiger partial charge in [-0.05, 0) is 6.92 Å². The van der Waals surface area contributed by atoms with Gasteiger partial charge in [-0.25, -0.2) is 4.79 Å². The second-order valence-electron chi connectivity index (χ2n) is 3.30. The number of hydrogen-bond donors (Lipinski definition) is 7. The van der Waals surface area contributed by atoms with E-state index in [4.69, 9.17) is 20.4 Å². The minimum Gasteiger partial charge on any atom is -0.479 e. The van der Waals surface area contributed by atoms with Crippen LogP contribution in [-0.2, 0) is 4.79 Å². The van der Waals surface area contributed by atoms with Crippen molar-refractivity contribution < 1.29 is 40.5 Å². The fraction of sp³-hybridized carbons (Fsp3) is 0.857. The summed E-state index contributed by atoms with van der Waals surface area (Å²) in [5.41, 5.74) is -3.09. The normalized spacial score (nSPS) is 20.5. The van der Waals surface area contributed by atoms with Crippen molar-refractivity contribution >= 4 is 5.97 Å². The fourth-order valence-electron chi connectivity index (χ4n) is 0.813. The maximum atomic E-state index is 10.5. The summed E-state index contributed by atoms with van der Waals surface area (Å²) < 4.78 is 0. The zero-order valence-electron chi connectivity index (χ0n) is 7.90. The molecule has 8 heteroatoms. The lowest BCUT2D eigenvalue weighted by molar-refractivity contribution is -0.319. The van der Waals surface area contributed by atoms with Crippen LogP contribution in [0.15, 0.2) is 0 Å². The molecule has 0 fully saturated rings. The van der Waals surface area contributed by atoms with Crippen molar-refractivity contribution in [1.82, 2.24) is 0 Å². The molecule has 0 bridgehead atoms. The summed E-state index contributed by atoms with van der Waals surface area (Å²) in [4.78, 5) is 10.5. The molecule has 0 aromatic heterocycles. The average Bonchev–Trinajstić information content (AvgIpc) is 2.14. The molecule has 8 nitrogen and oxygen atoms in total. The summed E-state index contributed by atoms with van der Waals surface area (Å²) >= 11 is 0. The quantitative estimate of drug-likeness (QED) is 0.235. The maximum absolute atomic E-state index is 10.5. The molecule has 0 rings (SSSR count). The second kappa shape index (κ2) is 4.39. The lowest BCUT2D eigenvalue weighted by Gasteiger charge is -2.37. The molecule has 7 N–H and O–H groups in total. The monoisotopic (exact) mass is 226 g/mol. The number of carbonyl (C=O) groups is 1. The third kappa shape index (κ3) is 2.43. The van der Waals surface area contributed by atoms with Gasteiger partial charge >= 0.3 is 5.97 Å². The Morgan fingerprint density at radius 1 is 1.27 bits per heavy atom. The first-order valence-electron chi connectivity index (χ1n) is 3.96. The highest BCUT2D eigenvalue weighted by Crippen LogP contribution is 2.25. The minimum atomic E-state index is -3.50. The lowest BCUT2D eigenvalue weighted by atomic mass is 9.88. The van der Waals surface area contributed by atoms with Crippen molar-refractivity contribution in [2.24, 2.45) is 0 Å². The van der Waals surface area contributed by atoms with E-state index in [1.165, 1.54) is 0 Å². The summed E-state index contributed by atoms with van der Waals surface area (Å²) in [7, 11) is 0. The third-order valence-corrected chi connectivity index (χ3v) is 2.10. The number of aliphatic hydroxyl groups is 6. The highest BCUT2D eigenvalue weighted by molar-refractivity contribution is 5.78. The van der Waals surface area contributed by atoms with Crippen LogP contribution in [0.25, 0.3) is 0 Å². The molecule has 0 aromatic rings. The van der Waals surface area contributed by atoms with Gasteiger partial charge in [-0.15, -0.1) is 0 Å². The Kier molecular flexibility index (Phi) is 4.17. The molecule has 0 aromatic carbocycles. The summed E-state index contributed by atoms with van der Waals surface area (Å²) in [6.07, 6.45) is -4.43. The Balaban J connectivity index is 5.04. The van der Waals surface area contributed by atoms with Crippen LogP contribution in [0.3, 0.4) is 0 Å². The number of rotatable bonds is 5. The summed E-state index contributed by atoms with van der Waals surface area (Å²) in [6, 6.07) is 0. The van der Waals surface area contributed by atoms with Crippen LogP contribution in [-0.4, -0.2) is 71.9 Å². The first-order valence-corrected chi connectivity index (χ1v) is 3.96. The van der Waals surface area contributed by atoms with E-state index >= 15 is 0 Å². The first-order chi connectivity index (χ1) is 6.59. The number of carboxylic acids is 1. The Morgan fingerprint density at radius 3 is 1.93 bits per heavy atom. The van der Waals surface area contributed by atoms with Crippen molar-refractivity contribution in [1.29, 1.82) is 0 Å². The molecule has 3 atom stereocenters. The zero-order chi connectivity index (χ0) is 12.4. The first kappa shape index (κ1) is 14.2. The molecular weight excluding hydrogens is 212 g/mol. The number of aliphatic hydroxyl groups excluding tert-OH is 3. The topological polar surface area (TPSA) is 159 Å². The van der Waals surface area contributed by atoms with Crippen molar-refractivity contribution in [2.75, 3.05) is 6.61 Å². The number of aliphatic carboxylic acids is 1. The summed E-state index contributed by atoms with van der Waals surface area (Å²) in [6.45, 7) is -0.498. The molecule has 3 unspecified atom stereocenters. The van der Waals surface area contributed by atoms with E-state index in [9.17, 15) is 20.1 Å². The third-order valence-electron chi connectivity index (χ3n) is 2.10. The van der Waals surface area contributed by atoms with E-state index in [1.54, 1.807) is 0 Å². The highest BCUT2D eigenvalue weighted by atomic mass is 16.6. The molecule has 0 heterocycles. The van der Waals surface area contributed by atoms with Crippen LogP contribution in [0.5, 0.6) is 0 Å². The van der Waals surface area contributed by atoms with Crippen LogP contribution in [0.1, 0.15) is 6.92 Å². The average molecular weight is 226 g/mol.